The Bertz CT molecular complexity index is 1060. The van der Waals surface area contributed by atoms with Crippen LogP contribution in [0.15, 0.2) is 42.5 Å². The molecule has 34 heavy (non-hydrogen) atoms. The Kier molecular flexibility index (Phi) is 7.00. The van der Waals surface area contributed by atoms with Crippen molar-refractivity contribution < 1.29 is 28.2 Å². The number of hydrogen-bond acceptors (Lipinski definition) is 5. The maximum absolute atomic E-state index is 13.2. The third kappa shape index (κ3) is 5.30. The summed E-state index contributed by atoms with van der Waals surface area (Å²) in [6.07, 6.45) is 1.10. The van der Waals surface area contributed by atoms with Crippen molar-refractivity contribution in [3.05, 3.63) is 59.4 Å². The topological polar surface area (TPSA) is 97.0 Å². The van der Waals surface area contributed by atoms with E-state index >= 15 is 0 Å². The zero-order valence-electron chi connectivity index (χ0n) is 19.2. The molecule has 1 saturated heterocycles. The molecule has 0 aromatic heterocycles. The Morgan fingerprint density at radius 1 is 0.941 bits per heavy atom. The van der Waals surface area contributed by atoms with Crippen LogP contribution < -0.4 is 20.1 Å². The molecule has 0 bridgehead atoms. The molecular formula is C25H28FN3O5. The molecule has 2 aromatic rings. The molecule has 4 rings (SSSR count). The van der Waals surface area contributed by atoms with Gasteiger partial charge in [0.1, 0.15) is 11.9 Å². The van der Waals surface area contributed by atoms with Crippen LogP contribution in [-0.4, -0.2) is 54.6 Å². The largest absolute Gasteiger partial charge is 0.454 e. The second-order valence-electron chi connectivity index (χ2n) is 8.82. The Morgan fingerprint density at radius 2 is 1.59 bits per heavy atom. The third-order valence-corrected chi connectivity index (χ3v) is 6.02. The normalized spacial score (nSPS) is 16.3. The number of nitrogens with one attached hydrogen (secondary N) is 2. The lowest BCUT2D eigenvalue weighted by molar-refractivity contribution is -0.125. The summed E-state index contributed by atoms with van der Waals surface area (Å²) in [6.45, 7) is 4.75. The quantitative estimate of drug-likeness (QED) is 0.678. The first kappa shape index (κ1) is 23.5. The molecular weight excluding hydrogens is 441 g/mol. The summed E-state index contributed by atoms with van der Waals surface area (Å²) in [6, 6.07) is 9.44. The van der Waals surface area contributed by atoms with E-state index < -0.39 is 17.8 Å². The molecule has 2 aliphatic rings. The predicted molar refractivity (Wildman–Crippen MR) is 122 cm³/mol. The molecule has 8 nitrogen and oxygen atoms in total. The van der Waals surface area contributed by atoms with Crippen LogP contribution in [0.4, 0.5) is 4.39 Å². The van der Waals surface area contributed by atoms with Gasteiger partial charge in [0.25, 0.3) is 11.8 Å². The predicted octanol–water partition coefficient (Wildman–Crippen LogP) is 2.73. The number of carbonyl (C=O) groups is 3. The molecule has 0 radical (unpaired) electrons. The van der Waals surface area contributed by atoms with Crippen LogP contribution in [0, 0.1) is 11.7 Å². The monoisotopic (exact) mass is 469 g/mol. The van der Waals surface area contributed by atoms with Crippen LogP contribution in [0.25, 0.3) is 0 Å². The highest BCUT2D eigenvalue weighted by Gasteiger charge is 2.34. The van der Waals surface area contributed by atoms with Crippen molar-refractivity contribution in [2.24, 2.45) is 5.92 Å². The van der Waals surface area contributed by atoms with E-state index in [4.69, 9.17) is 9.47 Å². The van der Waals surface area contributed by atoms with Crippen LogP contribution in [0.3, 0.4) is 0 Å². The molecule has 1 fully saturated rings. The average molecular weight is 470 g/mol. The van der Waals surface area contributed by atoms with E-state index in [0.717, 1.165) is 0 Å². The Labute approximate surface area is 197 Å². The Balaban J connectivity index is 1.42. The maximum atomic E-state index is 13.2. The lowest BCUT2D eigenvalue weighted by Gasteiger charge is -2.36. The molecule has 0 aliphatic carbocycles. The highest BCUT2D eigenvalue weighted by molar-refractivity contribution is 5.98. The van der Waals surface area contributed by atoms with Gasteiger partial charge in [0.15, 0.2) is 11.5 Å². The summed E-state index contributed by atoms with van der Waals surface area (Å²) in [5.74, 6) is -0.251. The smallest absolute Gasteiger partial charge is 0.253 e. The lowest BCUT2D eigenvalue weighted by Crippen LogP contribution is -2.54. The van der Waals surface area contributed by atoms with Crippen molar-refractivity contribution in [3.8, 4) is 11.5 Å². The fourth-order valence-electron chi connectivity index (χ4n) is 4.25. The van der Waals surface area contributed by atoms with E-state index in [0.29, 0.717) is 43.0 Å². The van der Waals surface area contributed by atoms with Gasteiger partial charge >= 0.3 is 0 Å². The van der Waals surface area contributed by atoms with Gasteiger partial charge in [-0.05, 0) is 75.1 Å². The molecule has 2 heterocycles. The molecule has 3 amide bonds. The number of likely N-dealkylation sites (tertiary alicyclic amines) is 1. The van der Waals surface area contributed by atoms with Gasteiger partial charge < -0.3 is 25.0 Å². The van der Waals surface area contributed by atoms with Gasteiger partial charge in [-0.3, -0.25) is 14.4 Å². The summed E-state index contributed by atoms with van der Waals surface area (Å²) in [7, 11) is 0. The third-order valence-electron chi connectivity index (χ3n) is 6.02. The second-order valence-corrected chi connectivity index (χ2v) is 8.82. The Hall–Kier alpha value is -3.62. The lowest BCUT2D eigenvalue weighted by atomic mass is 9.88. The van der Waals surface area contributed by atoms with Gasteiger partial charge in [0.2, 0.25) is 12.7 Å². The van der Waals surface area contributed by atoms with Gasteiger partial charge in [-0.25, -0.2) is 4.39 Å². The first-order valence-electron chi connectivity index (χ1n) is 11.4. The highest BCUT2D eigenvalue weighted by atomic mass is 19.1. The molecule has 2 N–H and O–H groups in total. The minimum Gasteiger partial charge on any atom is -0.454 e. The molecule has 1 atom stereocenters. The van der Waals surface area contributed by atoms with Crippen LogP contribution in [-0.2, 0) is 4.79 Å². The Morgan fingerprint density at radius 3 is 2.26 bits per heavy atom. The van der Waals surface area contributed by atoms with E-state index in [1.807, 2.05) is 13.8 Å². The SMILES string of the molecule is CC(C)NC(=O)C(NC(=O)c1ccc(F)cc1)C1CCN(C(=O)c2ccc3c(c2)OCO3)CC1. The van der Waals surface area contributed by atoms with Crippen molar-refractivity contribution in [3.63, 3.8) is 0 Å². The minimum absolute atomic E-state index is 0.0922. The van der Waals surface area contributed by atoms with Crippen molar-refractivity contribution in [2.45, 2.75) is 38.8 Å². The zero-order chi connectivity index (χ0) is 24.2. The zero-order valence-corrected chi connectivity index (χ0v) is 19.2. The summed E-state index contributed by atoms with van der Waals surface area (Å²) < 4.78 is 23.9. The maximum Gasteiger partial charge on any atom is 0.253 e. The molecule has 9 heteroatoms. The summed E-state index contributed by atoms with van der Waals surface area (Å²) in [5, 5.41) is 5.69. The number of rotatable bonds is 6. The minimum atomic E-state index is -0.761. The molecule has 0 spiro atoms. The average Bonchev–Trinajstić information content (AvgIpc) is 3.30. The fourth-order valence-corrected chi connectivity index (χ4v) is 4.25. The number of ether oxygens (including phenoxy) is 2. The van der Waals surface area contributed by atoms with E-state index in [1.165, 1.54) is 24.3 Å². The van der Waals surface area contributed by atoms with E-state index in [9.17, 15) is 18.8 Å². The van der Waals surface area contributed by atoms with Crippen molar-refractivity contribution >= 4 is 17.7 Å². The number of nitrogens with zero attached hydrogens (tertiary/aromatic N) is 1. The number of hydrogen-bond donors (Lipinski definition) is 2. The highest BCUT2D eigenvalue weighted by Crippen LogP contribution is 2.33. The van der Waals surface area contributed by atoms with Crippen LogP contribution in [0.1, 0.15) is 47.4 Å². The first-order chi connectivity index (χ1) is 16.3. The first-order valence-corrected chi connectivity index (χ1v) is 11.4. The fraction of sp³-hybridized carbons (Fsp3) is 0.400. The van der Waals surface area contributed by atoms with Crippen LogP contribution >= 0.6 is 0 Å². The van der Waals surface area contributed by atoms with Crippen LogP contribution in [0.5, 0.6) is 11.5 Å². The van der Waals surface area contributed by atoms with Gasteiger partial charge in [0, 0.05) is 30.3 Å². The van der Waals surface area contributed by atoms with Crippen molar-refractivity contribution in [1.82, 2.24) is 15.5 Å². The van der Waals surface area contributed by atoms with Gasteiger partial charge in [-0.15, -0.1) is 0 Å². The molecule has 1 unspecified atom stereocenters. The molecule has 180 valence electrons. The van der Waals surface area contributed by atoms with E-state index in [1.54, 1.807) is 23.1 Å². The van der Waals surface area contributed by atoms with Crippen LogP contribution in [0.2, 0.25) is 0 Å². The van der Waals surface area contributed by atoms with Gasteiger partial charge in [-0.1, -0.05) is 0 Å². The summed E-state index contributed by atoms with van der Waals surface area (Å²) >= 11 is 0. The number of amides is 3. The van der Waals surface area contributed by atoms with E-state index in [-0.39, 0.29) is 36.1 Å². The van der Waals surface area contributed by atoms with Gasteiger partial charge in [0.05, 0.1) is 0 Å². The van der Waals surface area contributed by atoms with E-state index in [2.05, 4.69) is 10.6 Å². The van der Waals surface area contributed by atoms with Crippen molar-refractivity contribution in [2.75, 3.05) is 19.9 Å². The number of piperidine rings is 1. The number of fused-ring (bicyclic) bond motifs is 1. The standard InChI is InChI=1S/C25H28FN3O5/c1-15(2)27-24(31)22(28-23(30)17-3-6-19(26)7-4-17)16-9-11-29(12-10-16)25(32)18-5-8-20-21(13-18)34-14-33-20/h3-8,13,15-16,22H,9-12,14H2,1-2H3,(H,27,31)(H,28,30). The summed E-state index contributed by atoms with van der Waals surface area (Å²) in [4.78, 5) is 40.4. The van der Waals surface area contributed by atoms with Gasteiger partial charge in [-0.2, -0.15) is 0 Å². The van der Waals surface area contributed by atoms with Crippen molar-refractivity contribution in [1.29, 1.82) is 0 Å². The summed E-state index contributed by atoms with van der Waals surface area (Å²) in [5.41, 5.74) is 0.792. The molecule has 0 saturated carbocycles. The number of carbonyl (C=O) groups excluding carboxylic acids is 3. The second kappa shape index (κ2) is 10.1. The molecule has 2 aliphatic heterocycles. The number of benzene rings is 2. The molecule has 2 aromatic carbocycles. The number of halogens is 1.